The Balaban J connectivity index is 1.81. The van der Waals surface area contributed by atoms with Crippen LogP contribution in [0.1, 0.15) is 13.3 Å². The molecule has 0 aromatic rings. The highest BCUT2D eigenvalue weighted by Crippen LogP contribution is 2.39. The molecule has 2 fully saturated rings. The van der Waals surface area contributed by atoms with Gasteiger partial charge < -0.3 is 14.9 Å². The van der Waals surface area contributed by atoms with Crippen molar-refractivity contribution in [3.8, 4) is 0 Å². The number of carbonyl (C=O) groups is 2. The molecule has 2 rings (SSSR count). The molecule has 5 heteroatoms. The molecule has 5 nitrogen and oxygen atoms in total. The summed E-state index contributed by atoms with van der Waals surface area (Å²) < 4.78 is 0. The average molecular weight is 226 g/mol. The standard InChI is InChI=1S/C11H18N2O3/c1-8-6-9(8)11(16)13-4-2-12(3-5-13)10(15)7-14/h8-9,14H,2-7H2,1H3. The fourth-order valence-corrected chi connectivity index (χ4v) is 2.18. The SMILES string of the molecule is CC1CC1C(=O)N1CCN(C(=O)CO)CC1. The van der Waals surface area contributed by atoms with Crippen molar-refractivity contribution < 1.29 is 14.7 Å². The van der Waals surface area contributed by atoms with E-state index in [-0.39, 0.29) is 17.7 Å². The highest BCUT2D eigenvalue weighted by molar-refractivity contribution is 5.82. The molecule has 1 aliphatic heterocycles. The molecule has 2 unspecified atom stereocenters. The summed E-state index contributed by atoms with van der Waals surface area (Å²) in [6, 6.07) is 0. The van der Waals surface area contributed by atoms with Crippen LogP contribution in [0.25, 0.3) is 0 Å². The number of hydrogen-bond donors (Lipinski definition) is 1. The second-order valence-corrected chi connectivity index (χ2v) is 4.68. The van der Waals surface area contributed by atoms with E-state index < -0.39 is 6.61 Å². The molecular weight excluding hydrogens is 208 g/mol. The van der Waals surface area contributed by atoms with E-state index in [1.807, 2.05) is 4.90 Å². The Labute approximate surface area is 95.0 Å². The zero-order valence-electron chi connectivity index (χ0n) is 9.56. The molecule has 1 aliphatic carbocycles. The van der Waals surface area contributed by atoms with E-state index in [0.29, 0.717) is 32.1 Å². The van der Waals surface area contributed by atoms with E-state index in [9.17, 15) is 9.59 Å². The highest BCUT2D eigenvalue weighted by atomic mass is 16.3. The second-order valence-electron chi connectivity index (χ2n) is 4.68. The van der Waals surface area contributed by atoms with Crippen LogP contribution in [0.4, 0.5) is 0 Å². The molecule has 0 spiro atoms. The van der Waals surface area contributed by atoms with Crippen LogP contribution in [0, 0.1) is 11.8 Å². The van der Waals surface area contributed by atoms with E-state index in [4.69, 9.17) is 5.11 Å². The number of aliphatic hydroxyl groups is 1. The summed E-state index contributed by atoms with van der Waals surface area (Å²) in [5.74, 6) is 0.750. The summed E-state index contributed by atoms with van der Waals surface area (Å²) in [5, 5.41) is 8.72. The first-order chi connectivity index (χ1) is 7.63. The first-order valence-electron chi connectivity index (χ1n) is 5.81. The normalized spacial score (nSPS) is 29.1. The highest BCUT2D eigenvalue weighted by Gasteiger charge is 2.42. The van der Waals surface area contributed by atoms with Gasteiger partial charge >= 0.3 is 0 Å². The summed E-state index contributed by atoms with van der Waals surface area (Å²) in [6.07, 6.45) is 1.01. The summed E-state index contributed by atoms with van der Waals surface area (Å²) in [5.41, 5.74) is 0. The smallest absolute Gasteiger partial charge is 0.248 e. The summed E-state index contributed by atoms with van der Waals surface area (Å²) >= 11 is 0. The largest absolute Gasteiger partial charge is 0.387 e. The zero-order chi connectivity index (χ0) is 11.7. The Kier molecular flexibility index (Phi) is 3.14. The van der Waals surface area contributed by atoms with Gasteiger partial charge in [0.2, 0.25) is 11.8 Å². The molecule has 0 aromatic carbocycles. The lowest BCUT2D eigenvalue weighted by Crippen LogP contribution is -2.51. The van der Waals surface area contributed by atoms with E-state index in [1.54, 1.807) is 4.90 Å². The van der Waals surface area contributed by atoms with Gasteiger partial charge in [-0.15, -0.1) is 0 Å². The van der Waals surface area contributed by atoms with Gasteiger partial charge in [0.15, 0.2) is 0 Å². The first kappa shape index (κ1) is 11.4. The molecule has 2 aliphatic rings. The van der Waals surface area contributed by atoms with Crippen LogP contribution in [0.3, 0.4) is 0 Å². The predicted octanol–water partition coefficient (Wildman–Crippen LogP) is -0.694. The summed E-state index contributed by atoms with van der Waals surface area (Å²) in [6.45, 7) is 3.96. The Morgan fingerprint density at radius 3 is 2.12 bits per heavy atom. The Morgan fingerprint density at radius 1 is 1.19 bits per heavy atom. The van der Waals surface area contributed by atoms with E-state index in [2.05, 4.69) is 6.92 Å². The van der Waals surface area contributed by atoms with Crippen LogP contribution < -0.4 is 0 Å². The molecule has 90 valence electrons. The van der Waals surface area contributed by atoms with Gasteiger partial charge in [-0.25, -0.2) is 0 Å². The Morgan fingerprint density at radius 2 is 1.69 bits per heavy atom. The van der Waals surface area contributed by atoms with Crippen LogP contribution in [-0.4, -0.2) is 59.5 Å². The van der Waals surface area contributed by atoms with Gasteiger partial charge in [0.05, 0.1) is 0 Å². The lowest BCUT2D eigenvalue weighted by Gasteiger charge is -2.34. The molecule has 2 amide bonds. The van der Waals surface area contributed by atoms with Gasteiger partial charge in [0.1, 0.15) is 6.61 Å². The Bertz CT molecular complexity index is 298. The third-order valence-electron chi connectivity index (χ3n) is 3.51. The minimum Gasteiger partial charge on any atom is -0.387 e. The fraction of sp³-hybridized carbons (Fsp3) is 0.818. The minimum atomic E-state index is -0.437. The maximum atomic E-state index is 11.9. The quantitative estimate of drug-likeness (QED) is 0.677. The van der Waals surface area contributed by atoms with Crippen molar-refractivity contribution in [2.24, 2.45) is 11.8 Å². The van der Waals surface area contributed by atoms with Crippen molar-refractivity contribution >= 4 is 11.8 Å². The topological polar surface area (TPSA) is 60.9 Å². The van der Waals surface area contributed by atoms with E-state index in [0.717, 1.165) is 6.42 Å². The summed E-state index contributed by atoms with van der Waals surface area (Å²) in [7, 11) is 0. The molecule has 16 heavy (non-hydrogen) atoms. The Hall–Kier alpha value is -1.10. The van der Waals surface area contributed by atoms with Gasteiger partial charge in [-0.1, -0.05) is 6.92 Å². The van der Waals surface area contributed by atoms with Crippen LogP contribution in [-0.2, 0) is 9.59 Å². The van der Waals surface area contributed by atoms with Gasteiger partial charge in [0.25, 0.3) is 0 Å². The predicted molar refractivity (Wildman–Crippen MR) is 57.5 cm³/mol. The number of carbonyl (C=O) groups excluding carboxylic acids is 2. The van der Waals surface area contributed by atoms with Crippen LogP contribution in [0.15, 0.2) is 0 Å². The lowest BCUT2D eigenvalue weighted by molar-refractivity contribution is -0.141. The molecule has 0 bridgehead atoms. The van der Waals surface area contributed by atoms with Gasteiger partial charge in [0, 0.05) is 32.1 Å². The van der Waals surface area contributed by atoms with E-state index >= 15 is 0 Å². The van der Waals surface area contributed by atoms with Crippen molar-refractivity contribution in [1.29, 1.82) is 0 Å². The molecule has 1 saturated heterocycles. The number of nitrogens with zero attached hydrogens (tertiary/aromatic N) is 2. The summed E-state index contributed by atoms with van der Waals surface area (Å²) in [4.78, 5) is 26.6. The number of rotatable bonds is 2. The van der Waals surface area contributed by atoms with E-state index in [1.165, 1.54) is 0 Å². The number of aliphatic hydroxyl groups excluding tert-OH is 1. The monoisotopic (exact) mass is 226 g/mol. The molecule has 0 aromatic heterocycles. The van der Waals surface area contributed by atoms with Gasteiger partial charge in [-0.05, 0) is 12.3 Å². The zero-order valence-corrected chi connectivity index (χ0v) is 9.56. The number of piperazine rings is 1. The molecule has 2 atom stereocenters. The third kappa shape index (κ3) is 2.19. The maximum Gasteiger partial charge on any atom is 0.248 e. The fourth-order valence-electron chi connectivity index (χ4n) is 2.18. The van der Waals surface area contributed by atoms with Crippen LogP contribution >= 0.6 is 0 Å². The second kappa shape index (κ2) is 4.41. The van der Waals surface area contributed by atoms with Crippen molar-refractivity contribution in [1.82, 2.24) is 9.80 Å². The van der Waals surface area contributed by atoms with Crippen molar-refractivity contribution in [3.63, 3.8) is 0 Å². The van der Waals surface area contributed by atoms with Crippen LogP contribution in [0.2, 0.25) is 0 Å². The van der Waals surface area contributed by atoms with Crippen molar-refractivity contribution in [3.05, 3.63) is 0 Å². The first-order valence-corrected chi connectivity index (χ1v) is 5.81. The van der Waals surface area contributed by atoms with Gasteiger partial charge in [-0.2, -0.15) is 0 Å². The third-order valence-corrected chi connectivity index (χ3v) is 3.51. The molecule has 0 radical (unpaired) electrons. The average Bonchev–Trinajstić information content (AvgIpc) is 3.04. The minimum absolute atomic E-state index is 0.222. The molecular formula is C11H18N2O3. The van der Waals surface area contributed by atoms with Crippen molar-refractivity contribution in [2.45, 2.75) is 13.3 Å². The van der Waals surface area contributed by atoms with Crippen molar-refractivity contribution in [2.75, 3.05) is 32.8 Å². The number of amides is 2. The van der Waals surface area contributed by atoms with Gasteiger partial charge in [-0.3, -0.25) is 9.59 Å². The lowest BCUT2D eigenvalue weighted by atomic mass is 10.2. The molecule has 1 saturated carbocycles. The van der Waals surface area contributed by atoms with Crippen LogP contribution in [0.5, 0.6) is 0 Å². The number of hydrogen-bond acceptors (Lipinski definition) is 3. The molecule has 1 heterocycles. The molecule has 1 N–H and O–H groups in total. The maximum absolute atomic E-state index is 11.9.